The fourth-order valence-corrected chi connectivity index (χ4v) is 2.39. The summed E-state index contributed by atoms with van der Waals surface area (Å²) in [6.07, 6.45) is 2.14. The Morgan fingerprint density at radius 3 is 2.83 bits per heavy atom. The molecule has 2 rings (SSSR count). The Morgan fingerprint density at radius 2 is 2.17 bits per heavy atom. The topological polar surface area (TPSA) is 15.3 Å². The van der Waals surface area contributed by atoms with Crippen LogP contribution < -0.4 is 5.32 Å². The number of hydrogen-bond donors (Lipinski definition) is 1. The second-order valence-electron chi connectivity index (χ2n) is 5.17. The minimum atomic E-state index is -0.524. The second kappa shape index (κ2) is 5.76. The van der Waals surface area contributed by atoms with Crippen LogP contribution in [0.1, 0.15) is 25.3 Å². The van der Waals surface area contributed by atoms with Crippen LogP contribution in [0, 0.1) is 11.6 Å². The average molecular weight is 254 g/mol. The highest BCUT2D eigenvalue weighted by Crippen LogP contribution is 2.16. The zero-order valence-electron chi connectivity index (χ0n) is 10.9. The smallest absolute Gasteiger partial charge is 0.130 e. The first-order valence-corrected chi connectivity index (χ1v) is 6.44. The van der Waals surface area contributed by atoms with Crippen LogP contribution in [-0.2, 0) is 6.54 Å². The Hall–Kier alpha value is -1.00. The third-order valence-electron chi connectivity index (χ3n) is 3.80. The summed E-state index contributed by atoms with van der Waals surface area (Å²) in [4.78, 5) is 2.33. The van der Waals surface area contributed by atoms with Crippen LogP contribution in [0.3, 0.4) is 0 Å². The molecule has 0 amide bonds. The number of rotatable bonds is 3. The van der Waals surface area contributed by atoms with Gasteiger partial charge in [-0.2, -0.15) is 0 Å². The predicted molar refractivity (Wildman–Crippen MR) is 68.3 cm³/mol. The van der Waals surface area contributed by atoms with Gasteiger partial charge in [-0.1, -0.05) is 6.07 Å². The number of hydrogen-bond acceptors (Lipinski definition) is 2. The van der Waals surface area contributed by atoms with Gasteiger partial charge >= 0.3 is 0 Å². The first-order chi connectivity index (χ1) is 8.56. The highest BCUT2D eigenvalue weighted by atomic mass is 19.1. The Kier molecular flexibility index (Phi) is 4.30. The molecule has 2 unspecified atom stereocenters. The molecule has 1 aromatic rings. The molecule has 0 radical (unpaired) electrons. The molecule has 1 N–H and O–H groups in total. The van der Waals surface area contributed by atoms with E-state index < -0.39 is 11.6 Å². The van der Waals surface area contributed by atoms with Gasteiger partial charge in [-0.15, -0.1) is 0 Å². The third-order valence-corrected chi connectivity index (χ3v) is 3.80. The molecule has 2 atom stereocenters. The van der Waals surface area contributed by atoms with Crippen LogP contribution in [-0.4, -0.2) is 30.6 Å². The molecule has 1 fully saturated rings. The zero-order chi connectivity index (χ0) is 13.1. The van der Waals surface area contributed by atoms with Crippen LogP contribution in [0.15, 0.2) is 18.2 Å². The summed E-state index contributed by atoms with van der Waals surface area (Å²) < 4.78 is 26.2. The largest absolute Gasteiger partial charge is 0.310 e. The third kappa shape index (κ3) is 3.27. The van der Waals surface area contributed by atoms with E-state index in [4.69, 9.17) is 0 Å². The molecule has 18 heavy (non-hydrogen) atoms. The highest BCUT2D eigenvalue weighted by Gasteiger charge is 2.22. The lowest BCUT2D eigenvalue weighted by Gasteiger charge is -2.35. The van der Waals surface area contributed by atoms with Crippen molar-refractivity contribution in [1.29, 1.82) is 0 Å². The van der Waals surface area contributed by atoms with Crippen molar-refractivity contribution in [3.63, 3.8) is 0 Å². The summed E-state index contributed by atoms with van der Waals surface area (Å²) in [7, 11) is 2.13. The van der Waals surface area contributed by atoms with Gasteiger partial charge < -0.3 is 10.2 Å². The summed E-state index contributed by atoms with van der Waals surface area (Å²) in [5.41, 5.74) is 0.531. The quantitative estimate of drug-likeness (QED) is 0.891. The fourth-order valence-electron chi connectivity index (χ4n) is 2.39. The van der Waals surface area contributed by atoms with Crippen molar-refractivity contribution >= 4 is 0 Å². The molecule has 100 valence electrons. The van der Waals surface area contributed by atoms with Crippen molar-refractivity contribution in [1.82, 2.24) is 10.2 Å². The van der Waals surface area contributed by atoms with Crippen molar-refractivity contribution in [2.75, 3.05) is 13.6 Å². The SMILES string of the molecule is CC1CC(NCc2ccc(F)cc2F)CCN1C. The Bertz CT molecular complexity index is 409. The van der Waals surface area contributed by atoms with E-state index in [9.17, 15) is 8.78 Å². The minimum absolute atomic E-state index is 0.417. The Balaban J connectivity index is 1.88. The van der Waals surface area contributed by atoms with Gasteiger partial charge in [-0.25, -0.2) is 8.78 Å². The van der Waals surface area contributed by atoms with E-state index in [2.05, 4.69) is 24.2 Å². The molecule has 1 aromatic carbocycles. The molecule has 0 aromatic heterocycles. The van der Waals surface area contributed by atoms with Crippen LogP contribution in [0.2, 0.25) is 0 Å². The van der Waals surface area contributed by atoms with Crippen LogP contribution in [0.5, 0.6) is 0 Å². The monoisotopic (exact) mass is 254 g/mol. The summed E-state index contributed by atoms with van der Waals surface area (Å²) in [5, 5.41) is 3.36. The normalized spacial score (nSPS) is 25.3. The summed E-state index contributed by atoms with van der Waals surface area (Å²) >= 11 is 0. The molecule has 0 aliphatic carbocycles. The number of halogens is 2. The molecule has 0 spiro atoms. The van der Waals surface area contributed by atoms with Gasteiger partial charge in [-0.3, -0.25) is 0 Å². The summed E-state index contributed by atoms with van der Waals surface area (Å²) in [6, 6.07) is 4.72. The molecular weight excluding hydrogens is 234 g/mol. The van der Waals surface area contributed by atoms with Crippen molar-refractivity contribution in [2.45, 2.75) is 38.4 Å². The first-order valence-electron chi connectivity index (χ1n) is 6.44. The molecule has 2 nitrogen and oxygen atoms in total. The van der Waals surface area contributed by atoms with Gasteiger partial charge in [0.2, 0.25) is 0 Å². The van der Waals surface area contributed by atoms with E-state index >= 15 is 0 Å². The molecule has 1 heterocycles. The average Bonchev–Trinajstić information content (AvgIpc) is 2.32. The number of likely N-dealkylation sites (tertiary alicyclic amines) is 1. The van der Waals surface area contributed by atoms with Crippen LogP contribution >= 0.6 is 0 Å². The highest BCUT2D eigenvalue weighted by molar-refractivity contribution is 5.18. The first kappa shape index (κ1) is 13.4. The number of nitrogens with one attached hydrogen (secondary N) is 1. The number of piperidine rings is 1. The number of nitrogens with zero attached hydrogens (tertiary/aromatic N) is 1. The van der Waals surface area contributed by atoms with Gasteiger partial charge in [-0.05, 0) is 39.4 Å². The van der Waals surface area contributed by atoms with Gasteiger partial charge in [0.15, 0.2) is 0 Å². The van der Waals surface area contributed by atoms with Gasteiger partial charge in [0.05, 0.1) is 0 Å². The van der Waals surface area contributed by atoms with E-state index in [1.165, 1.54) is 12.1 Å². The molecule has 0 saturated carbocycles. The lowest BCUT2D eigenvalue weighted by Crippen LogP contribution is -2.45. The van der Waals surface area contributed by atoms with E-state index in [1.54, 1.807) is 0 Å². The van der Waals surface area contributed by atoms with Crippen molar-refractivity contribution in [3.8, 4) is 0 Å². The molecule has 1 aliphatic heterocycles. The van der Waals surface area contributed by atoms with Crippen molar-refractivity contribution in [3.05, 3.63) is 35.4 Å². The van der Waals surface area contributed by atoms with Crippen molar-refractivity contribution in [2.24, 2.45) is 0 Å². The summed E-state index contributed by atoms with van der Waals surface area (Å²) in [6.45, 7) is 3.73. The maximum Gasteiger partial charge on any atom is 0.130 e. The predicted octanol–water partition coefficient (Wildman–Crippen LogP) is 2.54. The molecule has 1 saturated heterocycles. The van der Waals surface area contributed by atoms with E-state index in [1.807, 2.05) is 0 Å². The Labute approximate surface area is 107 Å². The van der Waals surface area contributed by atoms with E-state index in [0.29, 0.717) is 24.2 Å². The van der Waals surface area contributed by atoms with Gasteiger partial charge in [0, 0.05) is 30.3 Å². The second-order valence-corrected chi connectivity index (χ2v) is 5.17. The lowest BCUT2D eigenvalue weighted by atomic mass is 9.98. The maximum absolute atomic E-state index is 13.5. The summed E-state index contributed by atoms with van der Waals surface area (Å²) in [5.74, 6) is -0.993. The van der Waals surface area contributed by atoms with E-state index in [-0.39, 0.29) is 0 Å². The standard InChI is InChI=1S/C14H20F2N2/c1-10-7-13(5-6-18(10)2)17-9-11-3-4-12(15)8-14(11)16/h3-4,8,10,13,17H,5-7,9H2,1-2H3. The van der Waals surface area contributed by atoms with E-state index in [0.717, 1.165) is 25.5 Å². The maximum atomic E-state index is 13.5. The van der Waals surface area contributed by atoms with Crippen LogP contribution in [0.25, 0.3) is 0 Å². The van der Waals surface area contributed by atoms with Crippen LogP contribution in [0.4, 0.5) is 8.78 Å². The van der Waals surface area contributed by atoms with Gasteiger partial charge in [0.25, 0.3) is 0 Å². The lowest BCUT2D eigenvalue weighted by molar-refractivity contribution is 0.168. The Morgan fingerprint density at radius 1 is 1.39 bits per heavy atom. The van der Waals surface area contributed by atoms with Crippen molar-refractivity contribution < 1.29 is 8.78 Å². The molecule has 0 bridgehead atoms. The molecule has 4 heteroatoms. The van der Waals surface area contributed by atoms with Gasteiger partial charge in [0.1, 0.15) is 11.6 Å². The zero-order valence-corrected chi connectivity index (χ0v) is 10.9. The fraction of sp³-hybridized carbons (Fsp3) is 0.571. The number of benzene rings is 1. The molecular formula is C14H20F2N2. The minimum Gasteiger partial charge on any atom is -0.310 e. The molecule has 1 aliphatic rings.